The molecule has 0 aliphatic rings. The maximum Gasteiger partial charge on any atom is 0.123 e. The molecule has 2 rings (SSSR count). The standard InChI is InChI=1S/C17H25N3O2/c1-14(13-21-3)20(12-16-9-10-18-19(16)2)11-15-7-5-6-8-17(15)22-4/h5-10,14H,11-13H2,1-4H3. The fourth-order valence-corrected chi connectivity index (χ4v) is 2.53. The number of nitrogens with zero attached hydrogens (tertiary/aromatic N) is 3. The van der Waals surface area contributed by atoms with Crippen LogP contribution in [0.3, 0.4) is 0 Å². The largest absolute Gasteiger partial charge is 0.496 e. The maximum atomic E-state index is 5.47. The highest BCUT2D eigenvalue weighted by Crippen LogP contribution is 2.21. The molecule has 22 heavy (non-hydrogen) atoms. The Hall–Kier alpha value is -1.85. The van der Waals surface area contributed by atoms with Gasteiger partial charge in [-0.2, -0.15) is 5.10 Å². The zero-order valence-corrected chi connectivity index (χ0v) is 13.8. The molecule has 0 aliphatic carbocycles. The lowest BCUT2D eigenvalue weighted by Gasteiger charge is -2.29. The van der Waals surface area contributed by atoms with E-state index < -0.39 is 0 Å². The average Bonchev–Trinajstić information content (AvgIpc) is 2.92. The first kappa shape index (κ1) is 16.5. The predicted octanol–water partition coefficient (Wildman–Crippen LogP) is 2.47. The van der Waals surface area contributed by atoms with E-state index >= 15 is 0 Å². The van der Waals surface area contributed by atoms with Gasteiger partial charge in [0.05, 0.1) is 19.4 Å². The van der Waals surface area contributed by atoms with E-state index in [0.29, 0.717) is 12.6 Å². The topological polar surface area (TPSA) is 39.5 Å². The summed E-state index contributed by atoms with van der Waals surface area (Å²) < 4.78 is 12.7. The third kappa shape index (κ3) is 4.08. The number of aromatic nitrogens is 2. The summed E-state index contributed by atoms with van der Waals surface area (Å²) in [5, 5.41) is 4.25. The molecular formula is C17H25N3O2. The molecule has 1 atom stereocenters. The van der Waals surface area contributed by atoms with Gasteiger partial charge >= 0.3 is 0 Å². The van der Waals surface area contributed by atoms with Gasteiger partial charge in [0, 0.05) is 45.0 Å². The van der Waals surface area contributed by atoms with E-state index in [-0.39, 0.29) is 0 Å². The second-order valence-corrected chi connectivity index (χ2v) is 5.47. The molecule has 0 radical (unpaired) electrons. The van der Waals surface area contributed by atoms with Crippen LogP contribution in [0.5, 0.6) is 5.75 Å². The molecule has 5 heteroatoms. The number of ether oxygens (including phenoxy) is 2. The van der Waals surface area contributed by atoms with Crippen LogP contribution in [0.1, 0.15) is 18.2 Å². The van der Waals surface area contributed by atoms with Crippen molar-refractivity contribution >= 4 is 0 Å². The van der Waals surface area contributed by atoms with Crippen LogP contribution in [0.15, 0.2) is 36.5 Å². The van der Waals surface area contributed by atoms with Gasteiger partial charge in [0.25, 0.3) is 0 Å². The highest BCUT2D eigenvalue weighted by Gasteiger charge is 2.17. The summed E-state index contributed by atoms with van der Waals surface area (Å²) >= 11 is 0. The highest BCUT2D eigenvalue weighted by molar-refractivity contribution is 5.33. The maximum absolute atomic E-state index is 5.47. The zero-order chi connectivity index (χ0) is 15.9. The molecule has 0 saturated heterocycles. The SMILES string of the molecule is COCC(C)N(Cc1ccccc1OC)Cc1ccnn1C. The van der Waals surface area contributed by atoms with Crippen molar-refractivity contribution in [1.82, 2.24) is 14.7 Å². The van der Waals surface area contributed by atoms with Crippen LogP contribution in [0, 0.1) is 0 Å². The van der Waals surface area contributed by atoms with Gasteiger partial charge in [-0.05, 0) is 19.1 Å². The van der Waals surface area contributed by atoms with Gasteiger partial charge < -0.3 is 9.47 Å². The second-order valence-electron chi connectivity index (χ2n) is 5.47. The molecule has 1 heterocycles. The van der Waals surface area contributed by atoms with E-state index in [9.17, 15) is 0 Å². The number of hydrogen-bond donors (Lipinski definition) is 0. The number of rotatable bonds is 8. The Morgan fingerprint density at radius 2 is 1.95 bits per heavy atom. The summed E-state index contributed by atoms with van der Waals surface area (Å²) in [5.41, 5.74) is 2.35. The predicted molar refractivity (Wildman–Crippen MR) is 86.8 cm³/mol. The van der Waals surface area contributed by atoms with Crippen LogP contribution < -0.4 is 4.74 Å². The molecule has 1 aromatic heterocycles. The summed E-state index contributed by atoms with van der Waals surface area (Å²) in [6.07, 6.45) is 1.83. The van der Waals surface area contributed by atoms with Crippen LogP contribution in [0.4, 0.5) is 0 Å². The summed E-state index contributed by atoms with van der Waals surface area (Å²) in [4.78, 5) is 2.37. The van der Waals surface area contributed by atoms with Gasteiger partial charge in [0.1, 0.15) is 5.75 Å². The molecule has 2 aromatic rings. The highest BCUT2D eigenvalue weighted by atomic mass is 16.5. The van der Waals surface area contributed by atoms with Gasteiger partial charge in [-0.1, -0.05) is 18.2 Å². The Kier molecular flexibility index (Phi) is 5.98. The minimum Gasteiger partial charge on any atom is -0.496 e. The van der Waals surface area contributed by atoms with Crippen LogP contribution in [-0.4, -0.2) is 41.5 Å². The molecule has 0 bridgehead atoms. The van der Waals surface area contributed by atoms with E-state index in [0.717, 1.165) is 18.8 Å². The first-order chi connectivity index (χ1) is 10.7. The van der Waals surface area contributed by atoms with Crippen LogP contribution in [0.2, 0.25) is 0 Å². The Labute approximate surface area is 132 Å². The fraction of sp³-hybridized carbons (Fsp3) is 0.471. The molecule has 1 unspecified atom stereocenters. The first-order valence-electron chi connectivity index (χ1n) is 7.47. The molecule has 0 saturated carbocycles. The summed E-state index contributed by atoms with van der Waals surface area (Å²) in [5.74, 6) is 0.919. The van der Waals surface area contributed by atoms with Crippen LogP contribution in [0.25, 0.3) is 0 Å². The monoisotopic (exact) mass is 303 g/mol. The lowest BCUT2D eigenvalue weighted by Crippen LogP contribution is -2.36. The molecule has 0 fully saturated rings. The average molecular weight is 303 g/mol. The number of benzene rings is 1. The van der Waals surface area contributed by atoms with E-state index in [4.69, 9.17) is 9.47 Å². The minimum atomic E-state index is 0.296. The van der Waals surface area contributed by atoms with E-state index in [2.05, 4.69) is 29.1 Å². The zero-order valence-electron chi connectivity index (χ0n) is 13.8. The van der Waals surface area contributed by atoms with Crippen molar-refractivity contribution in [2.45, 2.75) is 26.1 Å². The Morgan fingerprint density at radius 1 is 1.18 bits per heavy atom. The molecule has 0 amide bonds. The van der Waals surface area contributed by atoms with Crippen molar-refractivity contribution in [3.63, 3.8) is 0 Å². The Morgan fingerprint density at radius 3 is 2.59 bits per heavy atom. The van der Waals surface area contributed by atoms with Crippen LogP contribution in [-0.2, 0) is 24.9 Å². The van der Waals surface area contributed by atoms with Gasteiger partial charge in [-0.25, -0.2) is 0 Å². The number of aryl methyl sites for hydroxylation is 1. The third-order valence-electron chi connectivity index (χ3n) is 3.88. The Bertz CT molecular complexity index is 583. The smallest absolute Gasteiger partial charge is 0.123 e. The molecule has 0 N–H and O–H groups in total. The van der Waals surface area contributed by atoms with Crippen molar-refractivity contribution in [1.29, 1.82) is 0 Å². The molecule has 1 aromatic carbocycles. The quantitative estimate of drug-likeness (QED) is 0.751. The molecular weight excluding hydrogens is 278 g/mol. The van der Waals surface area contributed by atoms with Crippen molar-refractivity contribution in [2.24, 2.45) is 7.05 Å². The van der Waals surface area contributed by atoms with E-state index in [1.807, 2.05) is 36.1 Å². The molecule has 5 nitrogen and oxygen atoms in total. The van der Waals surface area contributed by atoms with Gasteiger partial charge in [0.2, 0.25) is 0 Å². The normalized spacial score (nSPS) is 12.6. The summed E-state index contributed by atoms with van der Waals surface area (Å²) in [6.45, 7) is 4.49. The molecule has 120 valence electrons. The number of methoxy groups -OCH3 is 2. The summed E-state index contributed by atoms with van der Waals surface area (Å²) in [7, 11) is 5.42. The van der Waals surface area contributed by atoms with Gasteiger partial charge in [-0.3, -0.25) is 9.58 Å². The third-order valence-corrected chi connectivity index (χ3v) is 3.88. The number of hydrogen-bond acceptors (Lipinski definition) is 4. The second kappa shape index (κ2) is 7.96. The number of para-hydroxylation sites is 1. The lowest BCUT2D eigenvalue weighted by atomic mass is 10.1. The van der Waals surface area contributed by atoms with Crippen molar-refractivity contribution < 1.29 is 9.47 Å². The molecule has 0 aliphatic heterocycles. The van der Waals surface area contributed by atoms with Crippen molar-refractivity contribution in [3.8, 4) is 5.75 Å². The first-order valence-corrected chi connectivity index (χ1v) is 7.47. The van der Waals surface area contributed by atoms with Crippen LogP contribution >= 0.6 is 0 Å². The minimum absolute atomic E-state index is 0.296. The lowest BCUT2D eigenvalue weighted by molar-refractivity contribution is 0.0873. The molecule has 0 spiro atoms. The van der Waals surface area contributed by atoms with E-state index in [1.165, 1.54) is 11.3 Å². The van der Waals surface area contributed by atoms with Gasteiger partial charge in [-0.15, -0.1) is 0 Å². The van der Waals surface area contributed by atoms with E-state index in [1.54, 1.807) is 14.2 Å². The fourth-order valence-electron chi connectivity index (χ4n) is 2.53. The van der Waals surface area contributed by atoms with Gasteiger partial charge in [0.15, 0.2) is 0 Å². The van der Waals surface area contributed by atoms with Crippen molar-refractivity contribution in [3.05, 3.63) is 47.8 Å². The van der Waals surface area contributed by atoms with Crippen molar-refractivity contribution in [2.75, 3.05) is 20.8 Å². The summed E-state index contributed by atoms with van der Waals surface area (Å²) in [6, 6.07) is 10.5. The Balaban J connectivity index is 2.18.